The van der Waals surface area contributed by atoms with Gasteiger partial charge in [0.15, 0.2) is 0 Å². The minimum atomic E-state index is 0.916. The average molecular weight is 167 g/mol. The van der Waals surface area contributed by atoms with Gasteiger partial charge in [-0.3, -0.25) is 0 Å². The van der Waals surface area contributed by atoms with Crippen LogP contribution in [0.15, 0.2) is 23.1 Å². The predicted molar refractivity (Wildman–Crippen MR) is 48.2 cm³/mol. The summed E-state index contributed by atoms with van der Waals surface area (Å²) >= 11 is 1.78. The molecule has 0 aromatic heterocycles. The van der Waals surface area contributed by atoms with E-state index in [2.05, 4.69) is 13.0 Å². The smallest absolute Gasteiger partial charge is 0.133 e. The van der Waals surface area contributed by atoms with Gasteiger partial charge in [-0.05, 0) is 24.0 Å². The van der Waals surface area contributed by atoms with Gasteiger partial charge in [0.1, 0.15) is 5.75 Å². The predicted octanol–water partition coefficient (Wildman–Crippen LogP) is 2.61. The Morgan fingerprint density at radius 3 is 3.09 bits per heavy atom. The molecular formula is C9H11OS. The lowest BCUT2D eigenvalue weighted by Gasteiger charge is -2.04. The van der Waals surface area contributed by atoms with Gasteiger partial charge in [-0.25, -0.2) is 0 Å². The summed E-state index contributed by atoms with van der Waals surface area (Å²) in [5.41, 5.74) is 0. The number of hydrogen-bond acceptors (Lipinski definition) is 2. The maximum atomic E-state index is 5.15. The molecule has 11 heavy (non-hydrogen) atoms. The van der Waals surface area contributed by atoms with Crippen LogP contribution in [0.2, 0.25) is 0 Å². The number of benzene rings is 1. The molecule has 0 unspecified atom stereocenters. The number of thioether (sulfide) groups is 1. The Hall–Kier alpha value is -0.630. The fourth-order valence-electron chi connectivity index (χ4n) is 0.835. The molecule has 0 heterocycles. The van der Waals surface area contributed by atoms with Crippen LogP contribution in [0.25, 0.3) is 0 Å². The van der Waals surface area contributed by atoms with Gasteiger partial charge in [0.05, 0.1) is 7.11 Å². The van der Waals surface area contributed by atoms with Gasteiger partial charge < -0.3 is 4.74 Å². The summed E-state index contributed by atoms with van der Waals surface area (Å²) in [5.74, 6) is 1.99. The first kappa shape index (κ1) is 8.47. The number of rotatable bonds is 3. The summed E-state index contributed by atoms with van der Waals surface area (Å²) < 4.78 is 5.15. The van der Waals surface area contributed by atoms with E-state index in [4.69, 9.17) is 4.74 Å². The molecule has 0 aliphatic rings. The molecule has 1 aromatic carbocycles. The van der Waals surface area contributed by atoms with Gasteiger partial charge in [0, 0.05) is 4.90 Å². The molecule has 0 aliphatic heterocycles. The monoisotopic (exact) mass is 167 g/mol. The van der Waals surface area contributed by atoms with Gasteiger partial charge >= 0.3 is 0 Å². The zero-order valence-corrected chi connectivity index (χ0v) is 7.57. The molecule has 0 aliphatic carbocycles. The maximum Gasteiger partial charge on any atom is 0.133 e. The zero-order valence-electron chi connectivity index (χ0n) is 6.76. The van der Waals surface area contributed by atoms with Gasteiger partial charge in [0.2, 0.25) is 0 Å². The van der Waals surface area contributed by atoms with Crippen molar-refractivity contribution in [2.24, 2.45) is 0 Å². The van der Waals surface area contributed by atoms with Crippen LogP contribution in [0.5, 0.6) is 5.75 Å². The summed E-state index contributed by atoms with van der Waals surface area (Å²) in [7, 11) is 1.68. The first-order valence-electron chi connectivity index (χ1n) is 3.55. The molecule has 0 saturated heterocycles. The van der Waals surface area contributed by atoms with Crippen molar-refractivity contribution in [2.75, 3.05) is 12.9 Å². The maximum absolute atomic E-state index is 5.15. The lowest BCUT2D eigenvalue weighted by atomic mass is 10.3. The van der Waals surface area contributed by atoms with Crippen LogP contribution in [0.4, 0.5) is 0 Å². The van der Waals surface area contributed by atoms with Crippen molar-refractivity contribution in [3.63, 3.8) is 0 Å². The second-order valence-corrected chi connectivity index (χ2v) is 3.32. The van der Waals surface area contributed by atoms with Crippen LogP contribution in [-0.4, -0.2) is 12.9 Å². The van der Waals surface area contributed by atoms with Crippen LogP contribution >= 0.6 is 11.8 Å². The van der Waals surface area contributed by atoms with E-state index in [1.165, 1.54) is 4.90 Å². The van der Waals surface area contributed by atoms with E-state index in [1.807, 2.05) is 18.2 Å². The summed E-state index contributed by atoms with van der Waals surface area (Å²) in [6, 6.07) is 8.76. The van der Waals surface area contributed by atoms with Crippen molar-refractivity contribution in [1.29, 1.82) is 0 Å². The van der Waals surface area contributed by atoms with E-state index < -0.39 is 0 Å². The van der Waals surface area contributed by atoms with Crippen molar-refractivity contribution in [2.45, 2.75) is 11.8 Å². The van der Waals surface area contributed by atoms with Crippen LogP contribution in [-0.2, 0) is 0 Å². The molecule has 0 saturated carbocycles. The largest absolute Gasteiger partial charge is 0.496 e. The van der Waals surface area contributed by atoms with Gasteiger partial charge in [-0.2, -0.15) is 0 Å². The quantitative estimate of drug-likeness (QED) is 0.640. The highest BCUT2D eigenvalue weighted by Crippen LogP contribution is 2.27. The molecular weight excluding hydrogens is 156 g/mol. The Balaban J connectivity index is 2.83. The van der Waals surface area contributed by atoms with E-state index in [1.54, 1.807) is 18.9 Å². The van der Waals surface area contributed by atoms with Crippen LogP contribution in [0, 0.1) is 6.07 Å². The lowest BCUT2D eigenvalue weighted by Crippen LogP contribution is -1.85. The Morgan fingerprint density at radius 1 is 1.64 bits per heavy atom. The van der Waals surface area contributed by atoms with Crippen LogP contribution < -0.4 is 4.74 Å². The van der Waals surface area contributed by atoms with Crippen molar-refractivity contribution < 1.29 is 4.74 Å². The summed E-state index contributed by atoms with van der Waals surface area (Å²) in [6.07, 6.45) is 0. The van der Waals surface area contributed by atoms with E-state index in [0.717, 1.165) is 11.5 Å². The Labute approximate surface area is 71.8 Å². The highest BCUT2D eigenvalue weighted by atomic mass is 32.2. The van der Waals surface area contributed by atoms with Gasteiger partial charge in [-0.1, -0.05) is 13.0 Å². The third-order valence-corrected chi connectivity index (χ3v) is 2.24. The number of methoxy groups -OCH3 is 1. The fraction of sp³-hybridized carbons (Fsp3) is 0.333. The zero-order chi connectivity index (χ0) is 8.10. The van der Waals surface area contributed by atoms with E-state index >= 15 is 0 Å². The molecule has 1 nitrogen and oxygen atoms in total. The molecule has 0 bridgehead atoms. The molecule has 0 atom stereocenters. The summed E-state index contributed by atoms with van der Waals surface area (Å²) in [5, 5.41) is 0. The van der Waals surface area contributed by atoms with E-state index in [9.17, 15) is 0 Å². The second-order valence-electron chi connectivity index (χ2n) is 2.01. The van der Waals surface area contributed by atoms with Gasteiger partial charge in [0.25, 0.3) is 0 Å². The normalized spacial score (nSPS) is 9.64. The standard InChI is InChI=1S/C9H11OS/c1-3-11-9-7-5-4-6-8(9)10-2/h5-7H,3H2,1-2H3. The van der Waals surface area contributed by atoms with E-state index in [-0.39, 0.29) is 0 Å². The Bertz CT molecular complexity index is 223. The molecule has 1 radical (unpaired) electrons. The molecule has 0 spiro atoms. The van der Waals surface area contributed by atoms with Crippen LogP contribution in [0.1, 0.15) is 6.92 Å². The Kier molecular flexibility index (Phi) is 3.30. The first-order chi connectivity index (χ1) is 5.38. The van der Waals surface area contributed by atoms with Crippen molar-refractivity contribution in [3.8, 4) is 5.75 Å². The lowest BCUT2D eigenvalue weighted by molar-refractivity contribution is 0.404. The highest BCUT2D eigenvalue weighted by Gasteiger charge is 1.98. The molecule has 0 N–H and O–H groups in total. The molecule has 1 aromatic rings. The number of hydrogen-bond donors (Lipinski definition) is 0. The summed E-state index contributed by atoms with van der Waals surface area (Å²) in [4.78, 5) is 1.19. The van der Waals surface area contributed by atoms with Crippen molar-refractivity contribution in [3.05, 3.63) is 24.3 Å². The van der Waals surface area contributed by atoms with Gasteiger partial charge in [-0.15, -0.1) is 11.8 Å². The first-order valence-corrected chi connectivity index (χ1v) is 4.54. The minimum Gasteiger partial charge on any atom is -0.496 e. The fourth-order valence-corrected chi connectivity index (χ4v) is 1.59. The number of ether oxygens (including phenoxy) is 1. The SMILES string of the molecule is CCSc1cc[c]cc1OC. The van der Waals surface area contributed by atoms with Crippen molar-refractivity contribution in [1.82, 2.24) is 0 Å². The van der Waals surface area contributed by atoms with Crippen molar-refractivity contribution >= 4 is 11.8 Å². The van der Waals surface area contributed by atoms with Crippen LogP contribution in [0.3, 0.4) is 0 Å². The minimum absolute atomic E-state index is 0.916. The molecule has 0 fully saturated rings. The molecule has 2 heteroatoms. The third-order valence-electron chi connectivity index (χ3n) is 1.31. The highest BCUT2D eigenvalue weighted by molar-refractivity contribution is 7.99. The molecule has 0 amide bonds. The third kappa shape index (κ3) is 2.15. The average Bonchev–Trinajstić information content (AvgIpc) is 2.06. The molecule has 59 valence electrons. The molecule has 1 rings (SSSR count). The van der Waals surface area contributed by atoms with E-state index in [0.29, 0.717) is 0 Å². The Morgan fingerprint density at radius 2 is 2.45 bits per heavy atom. The second kappa shape index (κ2) is 4.29. The topological polar surface area (TPSA) is 9.23 Å². The summed E-state index contributed by atoms with van der Waals surface area (Å²) in [6.45, 7) is 2.13.